The summed E-state index contributed by atoms with van der Waals surface area (Å²) < 4.78 is 18.5. The van der Waals surface area contributed by atoms with Crippen LogP contribution < -0.4 is 4.74 Å². The molecule has 0 aliphatic rings. The van der Waals surface area contributed by atoms with Gasteiger partial charge in [-0.15, -0.1) is 0 Å². The normalized spacial score (nSPS) is 10.1. The maximum atomic E-state index is 13.0. The summed E-state index contributed by atoms with van der Waals surface area (Å²) in [6.07, 6.45) is 0.485. The smallest absolute Gasteiger partial charge is 0.269 e. The minimum absolute atomic E-state index is 0.0513. The molecule has 0 unspecified atom stereocenters. The first-order chi connectivity index (χ1) is 9.51. The molecule has 0 aromatic heterocycles. The first kappa shape index (κ1) is 13.7. The number of nitro groups is 1. The molecule has 0 atom stereocenters. The third-order valence-corrected chi connectivity index (χ3v) is 2.69. The van der Waals surface area contributed by atoms with Crippen LogP contribution in [0, 0.1) is 22.9 Å². The third-order valence-electron chi connectivity index (χ3n) is 2.69. The van der Waals surface area contributed by atoms with Gasteiger partial charge in [0.25, 0.3) is 5.69 Å². The molecule has 0 saturated heterocycles. The van der Waals surface area contributed by atoms with Crippen LogP contribution in [0.25, 0.3) is 0 Å². The molecule has 0 bridgehead atoms. The Labute approximate surface area is 113 Å². The number of aldehydes is 1. The van der Waals surface area contributed by atoms with Gasteiger partial charge in [0.2, 0.25) is 0 Å². The number of benzene rings is 2. The van der Waals surface area contributed by atoms with Crippen molar-refractivity contribution < 1.29 is 18.8 Å². The van der Waals surface area contributed by atoms with E-state index in [9.17, 15) is 19.3 Å². The number of ether oxygens (including phenoxy) is 1. The molecule has 2 aromatic rings. The van der Waals surface area contributed by atoms with Crippen LogP contribution in [0.15, 0.2) is 36.4 Å². The Morgan fingerprint density at radius 2 is 1.90 bits per heavy atom. The van der Waals surface area contributed by atoms with Crippen LogP contribution in [-0.4, -0.2) is 11.2 Å². The van der Waals surface area contributed by atoms with Crippen LogP contribution in [-0.2, 0) is 0 Å². The van der Waals surface area contributed by atoms with E-state index in [0.29, 0.717) is 17.6 Å². The van der Waals surface area contributed by atoms with Crippen LogP contribution >= 0.6 is 0 Å². The van der Waals surface area contributed by atoms with Gasteiger partial charge < -0.3 is 4.74 Å². The molecule has 2 aromatic carbocycles. The molecule has 5 nitrogen and oxygen atoms in total. The molecule has 0 amide bonds. The van der Waals surface area contributed by atoms with Crippen molar-refractivity contribution >= 4 is 12.0 Å². The Bertz CT molecular complexity index is 685. The number of hydrogen-bond donors (Lipinski definition) is 0. The molecule has 0 aliphatic carbocycles. The lowest BCUT2D eigenvalue weighted by atomic mass is 10.2. The lowest BCUT2D eigenvalue weighted by molar-refractivity contribution is -0.384. The topological polar surface area (TPSA) is 69.4 Å². The Hall–Kier alpha value is -2.76. The molecular formula is C14H10FNO4. The quantitative estimate of drug-likeness (QED) is 0.485. The molecule has 0 spiro atoms. The standard InChI is InChI=1S/C14H10FNO4/c1-9-6-12(16(18)19)3-5-13(9)20-14-4-2-11(15)7-10(14)8-17/h2-8H,1H3. The van der Waals surface area contributed by atoms with E-state index in [2.05, 4.69) is 0 Å². The van der Waals surface area contributed by atoms with Crippen molar-refractivity contribution in [2.75, 3.05) is 0 Å². The van der Waals surface area contributed by atoms with Gasteiger partial charge in [0.1, 0.15) is 17.3 Å². The number of non-ortho nitro benzene ring substituents is 1. The second-order valence-corrected chi connectivity index (χ2v) is 4.11. The second-order valence-electron chi connectivity index (χ2n) is 4.11. The van der Waals surface area contributed by atoms with Crippen LogP contribution in [0.4, 0.5) is 10.1 Å². The summed E-state index contributed by atoms with van der Waals surface area (Å²) >= 11 is 0. The average Bonchev–Trinajstić information content (AvgIpc) is 2.42. The molecule has 6 heteroatoms. The Kier molecular flexibility index (Phi) is 3.74. The highest BCUT2D eigenvalue weighted by atomic mass is 19.1. The van der Waals surface area contributed by atoms with Gasteiger partial charge in [-0.2, -0.15) is 0 Å². The van der Waals surface area contributed by atoms with E-state index in [0.717, 1.165) is 6.07 Å². The summed E-state index contributed by atoms with van der Waals surface area (Å²) in [7, 11) is 0. The average molecular weight is 275 g/mol. The van der Waals surface area contributed by atoms with Gasteiger partial charge in [-0.05, 0) is 36.8 Å². The lowest BCUT2D eigenvalue weighted by Gasteiger charge is -2.10. The number of hydrogen-bond acceptors (Lipinski definition) is 4. The molecule has 20 heavy (non-hydrogen) atoms. The summed E-state index contributed by atoms with van der Waals surface area (Å²) in [6, 6.07) is 7.66. The Morgan fingerprint density at radius 3 is 2.50 bits per heavy atom. The fraction of sp³-hybridized carbons (Fsp3) is 0.0714. The number of nitrogens with zero attached hydrogens (tertiary/aromatic N) is 1. The van der Waals surface area contributed by atoms with Crippen molar-refractivity contribution in [2.24, 2.45) is 0 Å². The molecule has 0 N–H and O–H groups in total. The van der Waals surface area contributed by atoms with E-state index >= 15 is 0 Å². The molecule has 0 heterocycles. The highest BCUT2D eigenvalue weighted by molar-refractivity contribution is 5.79. The van der Waals surface area contributed by atoms with E-state index in [1.54, 1.807) is 6.92 Å². The fourth-order valence-electron chi connectivity index (χ4n) is 1.68. The van der Waals surface area contributed by atoms with Gasteiger partial charge >= 0.3 is 0 Å². The summed E-state index contributed by atoms with van der Waals surface area (Å²) in [4.78, 5) is 21.0. The van der Waals surface area contributed by atoms with Crippen molar-refractivity contribution in [1.29, 1.82) is 0 Å². The van der Waals surface area contributed by atoms with Gasteiger partial charge in [0, 0.05) is 12.1 Å². The van der Waals surface area contributed by atoms with Gasteiger partial charge in [-0.3, -0.25) is 14.9 Å². The molecule has 2 rings (SSSR count). The number of rotatable bonds is 4. The highest BCUT2D eigenvalue weighted by Gasteiger charge is 2.11. The SMILES string of the molecule is Cc1cc([N+](=O)[O-])ccc1Oc1ccc(F)cc1C=O. The number of carbonyl (C=O) groups is 1. The van der Waals surface area contributed by atoms with E-state index in [1.165, 1.54) is 30.3 Å². The summed E-state index contributed by atoms with van der Waals surface area (Å²) in [6.45, 7) is 1.65. The predicted octanol–water partition coefficient (Wildman–Crippen LogP) is 3.65. The maximum absolute atomic E-state index is 13.0. The zero-order valence-corrected chi connectivity index (χ0v) is 10.5. The molecule has 0 fully saturated rings. The third kappa shape index (κ3) is 2.80. The van der Waals surface area contributed by atoms with Crippen LogP contribution in [0.2, 0.25) is 0 Å². The zero-order chi connectivity index (χ0) is 14.7. The zero-order valence-electron chi connectivity index (χ0n) is 10.5. The summed E-state index contributed by atoms with van der Waals surface area (Å²) in [5.41, 5.74) is 0.563. The van der Waals surface area contributed by atoms with Gasteiger partial charge in [0.05, 0.1) is 10.5 Å². The lowest BCUT2D eigenvalue weighted by Crippen LogP contribution is -1.95. The number of carbonyl (C=O) groups excluding carboxylic acids is 1. The minimum Gasteiger partial charge on any atom is -0.456 e. The van der Waals surface area contributed by atoms with E-state index in [1.807, 2.05) is 0 Å². The van der Waals surface area contributed by atoms with Gasteiger partial charge in [0.15, 0.2) is 6.29 Å². The van der Waals surface area contributed by atoms with E-state index in [4.69, 9.17) is 4.74 Å². The molecule has 0 radical (unpaired) electrons. The molecular weight excluding hydrogens is 265 g/mol. The summed E-state index contributed by atoms with van der Waals surface area (Å²) in [5, 5.41) is 10.6. The highest BCUT2D eigenvalue weighted by Crippen LogP contribution is 2.29. The van der Waals surface area contributed by atoms with Crippen LogP contribution in [0.3, 0.4) is 0 Å². The monoisotopic (exact) mass is 275 g/mol. The van der Waals surface area contributed by atoms with Crippen LogP contribution in [0.5, 0.6) is 11.5 Å². The Morgan fingerprint density at radius 1 is 1.20 bits per heavy atom. The Balaban J connectivity index is 2.35. The number of aryl methyl sites for hydroxylation is 1. The van der Waals surface area contributed by atoms with Crippen molar-refractivity contribution in [3.05, 3.63) is 63.5 Å². The van der Waals surface area contributed by atoms with E-state index < -0.39 is 10.7 Å². The number of nitro benzene ring substituents is 1. The summed E-state index contributed by atoms with van der Waals surface area (Å²) in [5.74, 6) is 0.0172. The van der Waals surface area contributed by atoms with Gasteiger partial charge in [-0.1, -0.05) is 0 Å². The van der Waals surface area contributed by atoms with Crippen LogP contribution in [0.1, 0.15) is 15.9 Å². The number of halogens is 1. The fourth-order valence-corrected chi connectivity index (χ4v) is 1.68. The molecule has 0 saturated carbocycles. The van der Waals surface area contributed by atoms with Crippen molar-refractivity contribution in [3.63, 3.8) is 0 Å². The van der Waals surface area contributed by atoms with Gasteiger partial charge in [-0.25, -0.2) is 4.39 Å². The van der Waals surface area contributed by atoms with Crippen molar-refractivity contribution in [3.8, 4) is 11.5 Å². The minimum atomic E-state index is -0.542. The predicted molar refractivity (Wildman–Crippen MR) is 69.7 cm³/mol. The van der Waals surface area contributed by atoms with Crippen molar-refractivity contribution in [2.45, 2.75) is 6.92 Å². The largest absolute Gasteiger partial charge is 0.456 e. The van der Waals surface area contributed by atoms with E-state index in [-0.39, 0.29) is 17.0 Å². The van der Waals surface area contributed by atoms with Crippen molar-refractivity contribution in [1.82, 2.24) is 0 Å². The molecule has 0 aliphatic heterocycles. The first-order valence-electron chi connectivity index (χ1n) is 5.69. The maximum Gasteiger partial charge on any atom is 0.269 e. The second kappa shape index (κ2) is 5.48. The molecule has 102 valence electrons. The first-order valence-corrected chi connectivity index (χ1v) is 5.69.